The second-order valence-corrected chi connectivity index (χ2v) is 5.60. The average molecular weight is 246 g/mol. The molecule has 0 heterocycles. The van der Waals surface area contributed by atoms with Gasteiger partial charge in [-0.15, -0.1) is 0 Å². The van der Waals surface area contributed by atoms with Crippen LogP contribution >= 0.6 is 0 Å². The van der Waals surface area contributed by atoms with Crippen LogP contribution in [0.3, 0.4) is 0 Å². The lowest BCUT2D eigenvalue weighted by Gasteiger charge is -2.27. The van der Waals surface area contributed by atoms with Crippen LogP contribution < -0.4 is 5.32 Å². The van der Waals surface area contributed by atoms with Crippen molar-refractivity contribution < 1.29 is 0 Å². The smallest absolute Gasteiger partial charge is 0.0329 e. The maximum Gasteiger partial charge on any atom is 0.0329 e. The zero-order chi connectivity index (χ0) is 13.0. The minimum Gasteiger partial charge on any atom is -0.313 e. The summed E-state index contributed by atoms with van der Waals surface area (Å²) < 4.78 is 0. The fourth-order valence-corrected chi connectivity index (χ4v) is 2.64. The molecular weight excluding hydrogens is 220 g/mol. The highest BCUT2D eigenvalue weighted by Gasteiger charge is 2.30. The van der Waals surface area contributed by atoms with E-state index in [1.807, 2.05) is 0 Å². The largest absolute Gasteiger partial charge is 0.313 e. The molecule has 18 heavy (non-hydrogen) atoms. The van der Waals surface area contributed by atoms with E-state index in [0.717, 1.165) is 18.5 Å². The third kappa shape index (κ3) is 3.56. The Bertz CT molecular complexity index is 345. The molecule has 2 nitrogen and oxygen atoms in total. The van der Waals surface area contributed by atoms with Crippen LogP contribution in [0.1, 0.15) is 37.8 Å². The van der Waals surface area contributed by atoms with Gasteiger partial charge < -0.3 is 10.2 Å². The van der Waals surface area contributed by atoms with E-state index in [2.05, 4.69) is 61.6 Å². The number of rotatable bonds is 7. The minimum absolute atomic E-state index is 0.472. The Balaban J connectivity index is 1.83. The van der Waals surface area contributed by atoms with E-state index in [-0.39, 0.29) is 0 Å². The zero-order valence-corrected chi connectivity index (χ0v) is 11.9. The van der Waals surface area contributed by atoms with E-state index in [1.54, 1.807) is 0 Å². The first-order valence-corrected chi connectivity index (χ1v) is 7.15. The predicted octanol–water partition coefficient (Wildman–Crippen LogP) is 3.07. The Morgan fingerprint density at radius 1 is 1.28 bits per heavy atom. The Morgan fingerprint density at radius 3 is 2.50 bits per heavy atom. The summed E-state index contributed by atoms with van der Waals surface area (Å²) in [6, 6.07) is 12.0. The van der Waals surface area contributed by atoms with Crippen LogP contribution in [0.5, 0.6) is 0 Å². The van der Waals surface area contributed by atoms with E-state index < -0.39 is 0 Å². The number of benzene rings is 1. The van der Waals surface area contributed by atoms with Crippen LogP contribution in [0.15, 0.2) is 30.3 Å². The minimum atomic E-state index is 0.472. The molecule has 0 bridgehead atoms. The molecule has 2 unspecified atom stereocenters. The molecule has 0 spiro atoms. The van der Waals surface area contributed by atoms with E-state index in [9.17, 15) is 0 Å². The molecule has 100 valence electrons. The highest BCUT2D eigenvalue weighted by Crippen LogP contribution is 2.34. The summed E-state index contributed by atoms with van der Waals surface area (Å²) in [5.74, 6) is 0.958. The van der Waals surface area contributed by atoms with Gasteiger partial charge in [0, 0.05) is 12.1 Å². The third-order valence-electron chi connectivity index (χ3n) is 4.32. The lowest BCUT2D eigenvalue weighted by Crippen LogP contribution is -2.33. The molecule has 2 atom stereocenters. The van der Waals surface area contributed by atoms with E-state index in [4.69, 9.17) is 0 Å². The maximum atomic E-state index is 3.43. The van der Waals surface area contributed by atoms with Crippen LogP contribution in [0, 0.1) is 5.92 Å². The first kappa shape index (κ1) is 13.6. The molecule has 0 radical (unpaired) electrons. The summed E-state index contributed by atoms with van der Waals surface area (Å²) in [5, 5.41) is 3.43. The van der Waals surface area contributed by atoms with E-state index in [0.29, 0.717) is 6.04 Å². The average Bonchev–Trinajstić information content (AvgIpc) is 3.24. The van der Waals surface area contributed by atoms with Gasteiger partial charge in [0.2, 0.25) is 0 Å². The Hall–Kier alpha value is -0.860. The first-order valence-electron chi connectivity index (χ1n) is 7.15. The van der Waals surface area contributed by atoms with Gasteiger partial charge in [-0.1, -0.05) is 30.3 Å². The van der Waals surface area contributed by atoms with Crippen LogP contribution in [-0.2, 0) is 0 Å². The van der Waals surface area contributed by atoms with E-state index >= 15 is 0 Å². The summed E-state index contributed by atoms with van der Waals surface area (Å²) in [6.45, 7) is 3.53. The van der Waals surface area contributed by atoms with Crippen molar-refractivity contribution >= 4 is 0 Å². The molecule has 2 heteroatoms. The number of hydrogen-bond donors (Lipinski definition) is 1. The predicted molar refractivity (Wildman–Crippen MR) is 77.7 cm³/mol. The molecule has 0 aliphatic heterocycles. The highest BCUT2D eigenvalue weighted by atomic mass is 15.1. The summed E-state index contributed by atoms with van der Waals surface area (Å²) in [5.41, 5.74) is 1.40. The summed E-state index contributed by atoms with van der Waals surface area (Å²) in [4.78, 5) is 2.52. The molecule has 1 N–H and O–H groups in total. The van der Waals surface area contributed by atoms with Gasteiger partial charge in [0.15, 0.2) is 0 Å². The number of nitrogens with zero attached hydrogens (tertiary/aromatic N) is 1. The summed E-state index contributed by atoms with van der Waals surface area (Å²) in [6.07, 6.45) is 4.04. The second-order valence-electron chi connectivity index (χ2n) is 5.60. The summed E-state index contributed by atoms with van der Waals surface area (Å²) >= 11 is 0. The third-order valence-corrected chi connectivity index (χ3v) is 4.32. The van der Waals surface area contributed by atoms with Crippen molar-refractivity contribution in [1.29, 1.82) is 0 Å². The SMILES string of the molecule is CNC(CCN(C)C(C)C1CC1)c1ccccc1. The maximum absolute atomic E-state index is 3.43. The topological polar surface area (TPSA) is 15.3 Å². The summed E-state index contributed by atoms with van der Waals surface area (Å²) in [7, 11) is 4.32. The van der Waals surface area contributed by atoms with Crippen LogP contribution in [0.25, 0.3) is 0 Å². The fourth-order valence-electron chi connectivity index (χ4n) is 2.64. The van der Waals surface area contributed by atoms with Crippen molar-refractivity contribution in [3.8, 4) is 0 Å². The number of hydrogen-bond acceptors (Lipinski definition) is 2. The van der Waals surface area contributed by atoms with Crippen molar-refractivity contribution in [3.63, 3.8) is 0 Å². The van der Waals surface area contributed by atoms with Crippen molar-refractivity contribution in [2.24, 2.45) is 5.92 Å². The molecule has 1 aliphatic rings. The van der Waals surface area contributed by atoms with Crippen molar-refractivity contribution in [2.75, 3.05) is 20.6 Å². The molecule has 2 rings (SSSR count). The normalized spacial score (nSPS) is 18.9. The Labute approximate surface area is 111 Å². The zero-order valence-electron chi connectivity index (χ0n) is 11.9. The quantitative estimate of drug-likeness (QED) is 0.795. The van der Waals surface area contributed by atoms with Gasteiger partial charge >= 0.3 is 0 Å². The Morgan fingerprint density at radius 2 is 1.94 bits per heavy atom. The standard InChI is InChI=1S/C16H26N2/c1-13(14-9-10-14)18(3)12-11-16(17-2)15-7-5-4-6-8-15/h4-8,13-14,16-17H,9-12H2,1-3H3. The monoisotopic (exact) mass is 246 g/mol. The van der Waals surface area contributed by atoms with Crippen LogP contribution in [0.4, 0.5) is 0 Å². The lowest BCUT2D eigenvalue weighted by atomic mass is 10.0. The molecule has 1 aliphatic carbocycles. The Kier molecular flexibility index (Phi) is 4.79. The van der Waals surface area contributed by atoms with Gasteiger partial charge in [0.05, 0.1) is 0 Å². The van der Waals surface area contributed by atoms with E-state index in [1.165, 1.54) is 24.8 Å². The van der Waals surface area contributed by atoms with Crippen LogP contribution in [-0.4, -0.2) is 31.6 Å². The lowest BCUT2D eigenvalue weighted by molar-refractivity contribution is 0.223. The molecule has 0 saturated heterocycles. The molecular formula is C16H26N2. The molecule has 1 saturated carbocycles. The van der Waals surface area contributed by atoms with Crippen molar-refractivity contribution in [2.45, 2.75) is 38.3 Å². The second kappa shape index (κ2) is 6.35. The van der Waals surface area contributed by atoms with Gasteiger partial charge in [-0.25, -0.2) is 0 Å². The van der Waals surface area contributed by atoms with Gasteiger partial charge in [-0.2, -0.15) is 0 Å². The molecule has 0 aromatic heterocycles. The van der Waals surface area contributed by atoms with Crippen molar-refractivity contribution in [3.05, 3.63) is 35.9 Å². The van der Waals surface area contributed by atoms with Gasteiger partial charge in [0.1, 0.15) is 0 Å². The highest BCUT2D eigenvalue weighted by molar-refractivity contribution is 5.18. The number of nitrogens with one attached hydrogen (secondary N) is 1. The van der Waals surface area contributed by atoms with Crippen molar-refractivity contribution in [1.82, 2.24) is 10.2 Å². The van der Waals surface area contributed by atoms with Gasteiger partial charge in [-0.3, -0.25) is 0 Å². The van der Waals surface area contributed by atoms with Crippen LogP contribution in [0.2, 0.25) is 0 Å². The van der Waals surface area contributed by atoms with Gasteiger partial charge in [-0.05, 0) is 58.3 Å². The molecule has 0 amide bonds. The van der Waals surface area contributed by atoms with Gasteiger partial charge in [0.25, 0.3) is 0 Å². The fraction of sp³-hybridized carbons (Fsp3) is 0.625. The first-order chi connectivity index (χ1) is 8.72. The molecule has 1 aromatic rings. The molecule has 1 aromatic carbocycles. The molecule has 1 fully saturated rings.